The molecule has 0 amide bonds. The third-order valence-electron chi connectivity index (χ3n) is 11.1. The van der Waals surface area contributed by atoms with E-state index in [2.05, 4.69) is 82.3 Å². The molecule has 1 aliphatic heterocycles. The van der Waals surface area contributed by atoms with E-state index in [0.29, 0.717) is 0 Å². The van der Waals surface area contributed by atoms with E-state index in [1.54, 1.807) is 11.1 Å². The van der Waals surface area contributed by atoms with Crippen LogP contribution in [0.25, 0.3) is 21.9 Å². The van der Waals surface area contributed by atoms with Gasteiger partial charge in [0.05, 0.1) is 11.2 Å². The van der Waals surface area contributed by atoms with E-state index < -0.39 is 0 Å². The summed E-state index contributed by atoms with van der Waals surface area (Å²) in [6, 6.07) is 21.0. The molecule has 35 heavy (non-hydrogen) atoms. The lowest BCUT2D eigenvalue weighted by Gasteiger charge is -2.61. The van der Waals surface area contributed by atoms with Crippen molar-refractivity contribution < 1.29 is 9.31 Å². The third-order valence-corrected chi connectivity index (χ3v) is 11.1. The van der Waals surface area contributed by atoms with E-state index >= 15 is 0 Å². The molecule has 0 N–H and O–H groups in total. The molecule has 5 fully saturated rings. The van der Waals surface area contributed by atoms with Crippen molar-refractivity contribution in [3.8, 4) is 11.1 Å². The average Bonchev–Trinajstić information content (AvgIpc) is 3.22. The first-order valence-electron chi connectivity index (χ1n) is 13.8. The Balaban J connectivity index is 1.41. The lowest BCUT2D eigenvalue weighted by atomic mass is 9.43. The second-order valence-electron chi connectivity index (χ2n) is 13.3. The van der Waals surface area contributed by atoms with Crippen LogP contribution < -0.4 is 5.46 Å². The van der Waals surface area contributed by atoms with Gasteiger partial charge in [0.1, 0.15) is 0 Å². The molecule has 1 heterocycles. The van der Waals surface area contributed by atoms with Crippen LogP contribution in [0.5, 0.6) is 0 Å². The van der Waals surface area contributed by atoms with Gasteiger partial charge in [0, 0.05) is 5.41 Å². The summed E-state index contributed by atoms with van der Waals surface area (Å²) in [5, 5.41) is 2.71. The zero-order chi connectivity index (χ0) is 23.7. The van der Waals surface area contributed by atoms with E-state index in [9.17, 15) is 0 Å². The lowest BCUT2D eigenvalue weighted by Crippen LogP contribution is -2.55. The second-order valence-corrected chi connectivity index (χ2v) is 13.3. The highest BCUT2D eigenvalue weighted by Gasteiger charge is 2.62. The molecule has 0 aromatic heterocycles. The quantitative estimate of drug-likeness (QED) is 0.368. The molecule has 0 radical (unpaired) electrons. The van der Waals surface area contributed by atoms with Gasteiger partial charge in [0.25, 0.3) is 0 Å². The molecule has 6 aliphatic rings. The summed E-state index contributed by atoms with van der Waals surface area (Å²) >= 11 is 0. The number of benzene rings is 3. The molecule has 3 heteroatoms. The molecule has 0 atom stereocenters. The first-order chi connectivity index (χ1) is 16.8. The van der Waals surface area contributed by atoms with Crippen molar-refractivity contribution in [2.75, 3.05) is 0 Å². The van der Waals surface area contributed by atoms with Gasteiger partial charge in [-0.1, -0.05) is 42.5 Å². The van der Waals surface area contributed by atoms with E-state index in [1.165, 1.54) is 59.5 Å². The fourth-order valence-electron chi connectivity index (χ4n) is 9.12. The van der Waals surface area contributed by atoms with Crippen molar-refractivity contribution in [1.29, 1.82) is 0 Å². The van der Waals surface area contributed by atoms with Crippen LogP contribution in [0.4, 0.5) is 0 Å². The molecule has 1 spiro atoms. The Kier molecular flexibility index (Phi) is 3.97. The summed E-state index contributed by atoms with van der Waals surface area (Å²) in [7, 11) is -0.332. The van der Waals surface area contributed by atoms with Crippen molar-refractivity contribution in [2.24, 2.45) is 23.7 Å². The number of fused-ring (bicyclic) bond motifs is 4. The maximum absolute atomic E-state index is 6.65. The maximum Gasteiger partial charge on any atom is 0.495 e. The summed E-state index contributed by atoms with van der Waals surface area (Å²) in [5.74, 6) is 3.41. The van der Waals surface area contributed by atoms with Crippen molar-refractivity contribution >= 4 is 23.4 Å². The first-order valence-corrected chi connectivity index (χ1v) is 13.8. The molecule has 4 bridgehead atoms. The zero-order valence-electron chi connectivity index (χ0n) is 21.4. The smallest absolute Gasteiger partial charge is 0.399 e. The van der Waals surface area contributed by atoms with Gasteiger partial charge < -0.3 is 9.31 Å². The monoisotopic (exact) mass is 462 g/mol. The van der Waals surface area contributed by atoms with Crippen LogP contribution >= 0.6 is 0 Å². The fraction of sp³-hybridized carbons (Fsp3) is 0.500. The summed E-state index contributed by atoms with van der Waals surface area (Å²) in [6.07, 6.45) is 7.09. The summed E-state index contributed by atoms with van der Waals surface area (Å²) < 4.78 is 13.3. The van der Waals surface area contributed by atoms with E-state index in [4.69, 9.17) is 9.31 Å². The van der Waals surface area contributed by atoms with Gasteiger partial charge in [-0.15, -0.1) is 0 Å². The molecule has 9 rings (SSSR count). The van der Waals surface area contributed by atoms with Gasteiger partial charge in [0.2, 0.25) is 0 Å². The van der Waals surface area contributed by atoms with E-state index in [1.807, 2.05) is 0 Å². The summed E-state index contributed by atoms with van der Waals surface area (Å²) in [6.45, 7) is 8.65. The Morgan fingerprint density at radius 3 is 1.91 bits per heavy atom. The van der Waals surface area contributed by atoms with Gasteiger partial charge in [0.15, 0.2) is 0 Å². The summed E-state index contributed by atoms with van der Waals surface area (Å²) in [4.78, 5) is 0. The largest absolute Gasteiger partial charge is 0.495 e. The van der Waals surface area contributed by atoms with Crippen LogP contribution in [-0.2, 0) is 14.7 Å². The fourth-order valence-corrected chi connectivity index (χ4v) is 9.12. The van der Waals surface area contributed by atoms with Crippen LogP contribution in [0, 0.1) is 23.7 Å². The molecule has 2 nitrogen and oxygen atoms in total. The minimum absolute atomic E-state index is 0.155. The maximum atomic E-state index is 6.65. The van der Waals surface area contributed by atoms with Crippen molar-refractivity contribution in [3.63, 3.8) is 0 Å². The highest BCUT2D eigenvalue weighted by Crippen LogP contribution is 2.69. The SMILES string of the molecule is CC1(C)OB(c2cccc3c2-c2cc4ccccc4cc2C32C3CC4CC(C3)CC2C4)OC1(C)C. The molecular formula is C32H35BO2. The number of hydrogen-bond acceptors (Lipinski definition) is 2. The van der Waals surface area contributed by atoms with E-state index in [-0.39, 0.29) is 23.7 Å². The molecule has 1 saturated heterocycles. The minimum Gasteiger partial charge on any atom is -0.399 e. The Bertz CT molecular complexity index is 1340. The standard InChI is InChI=1S/C32H35BO2/c1-30(2)31(3,4)35-33(34-30)28-11-7-10-26-29(28)25-17-21-8-5-6-9-22(21)18-27(25)32(26)23-13-19-12-20(15-23)16-24(32)14-19/h5-11,17-20,23-24H,12-16H2,1-4H3. The molecular weight excluding hydrogens is 427 g/mol. The Hall–Kier alpha value is -2.10. The highest BCUT2D eigenvalue weighted by atomic mass is 16.7. The molecule has 178 valence electrons. The second kappa shape index (κ2) is 6.61. The number of rotatable bonds is 1. The first kappa shape index (κ1) is 21.0. The van der Waals surface area contributed by atoms with Crippen molar-refractivity contribution in [3.05, 3.63) is 65.7 Å². The Morgan fingerprint density at radius 1 is 0.686 bits per heavy atom. The molecule has 3 aromatic carbocycles. The molecule has 3 aromatic rings. The van der Waals surface area contributed by atoms with Gasteiger partial charge in [-0.05, 0) is 134 Å². The minimum atomic E-state index is -0.342. The van der Waals surface area contributed by atoms with E-state index in [0.717, 1.165) is 23.7 Å². The van der Waals surface area contributed by atoms with Crippen LogP contribution in [-0.4, -0.2) is 18.3 Å². The Morgan fingerprint density at radius 2 is 1.29 bits per heavy atom. The van der Waals surface area contributed by atoms with Crippen molar-refractivity contribution in [2.45, 2.75) is 76.4 Å². The molecule has 5 aliphatic carbocycles. The normalized spacial score (nSPS) is 35.1. The predicted molar refractivity (Wildman–Crippen MR) is 143 cm³/mol. The van der Waals surface area contributed by atoms with Gasteiger partial charge >= 0.3 is 7.12 Å². The van der Waals surface area contributed by atoms with Gasteiger partial charge in [-0.3, -0.25) is 0 Å². The van der Waals surface area contributed by atoms with Crippen LogP contribution in [0.3, 0.4) is 0 Å². The van der Waals surface area contributed by atoms with Crippen LogP contribution in [0.1, 0.15) is 70.9 Å². The lowest BCUT2D eigenvalue weighted by molar-refractivity contribution is -0.0398. The zero-order valence-corrected chi connectivity index (χ0v) is 21.4. The van der Waals surface area contributed by atoms with Crippen LogP contribution in [0.2, 0.25) is 0 Å². The average molecular weight is 462 g/mol. The van der Waals surface area contributed by atoms with Crippen molar-refractivity contribution in [1.82, 2.24) is 0 Å². The Labute approximate surface area is 209 Å². The topological polar surface area (TPSA) is 18.5 Å². The van der Waals surface area contributed by atoms with Crippen LogP contribution in [0.15, 0.2) is 54.6 Å². The highest BCUT2D eigenvalue weighted by molar-refractivity contribution is 6.64. The third kappa shape index (κ3) is 2.54. The van der Waals surface area contributed by atoms with Gasteiger partial charge in [-0.25, -0.2) is 0 Å². The number of hydrogen-bond donors (Lipinski definition) is 0. The van der Waals surface area contributed by atoms with Gasteiger partial charge in [-0.2, -0.15) is 0 Å². The molecule has 4 saturated carbocycles. The predicted octanol–water partition coefficient (Wildman–Crippen LogP) is 6.86. The molecule has 0 unspecified atom stereocenters. The summed E-state index contributed by atoms with van der Waals surface area (Å²) in [5.41, 5.74) is 6.73.